The number of halogens is 1. The maximum absolute atomic E-state index is 12.9. The first-order valence-electron chi connectivity index (χ1n) is 3.56. The predicted molar refractivity (Wildman–Crippen MR) is 43.7 cm³/mol. The van der Waals surface area contributed by atoms with Crippen LogP contribution >= 0.6 is 0 Å². The van der Waals surface area contributed by atoms with Crippen LogP contribution in [-0.4, -0.2) is 0 Å². The molecule has 1 aromatic rings. The third kappa shape index (κ3) is 1.60. The Hall–Kier alpha value is -1.40. The quantitative estimate of drug-likeness (QED) is 0.686. The lowest BCUT2D eigenvalue weighted by atomic mass is 10.1. The largest absolute Gasteiger partial charge is 0.312 e. The van der Waals surface area contributed by atoms with Gasteiger partial charge in [0.2, 0.25) is 0 Å². The van der Waals surface area contributed by atoms with Gasteiger partial charge < -0.3 is 5.73 Å². The minimum atomic E-state index is -0.736. The summed E-state index contributed by atoms with van der Waals surface area (Å²) in [5, 5.41) is 8.45. The third-order valence-electron chi connectivity index (χ3n) is 1.69. The van der Waals surface area contributed by atoms with E-state index < -0.39 is 6.04 Å². The molecule has 0 amide bonds. The van der Waals surface area contributed by atoms with Gasteiger partial charge in [-0.15, -0.1) is 0 Å². The Morgan fingerprint density at radius 3 is 2.75 bits per heavy atom. The zero-order chi connectivity index (χ0) is 9.14. The Bertz CT molecular complexity index is 328. The molecule has 0 saturated heterocycles. The summed E-state index contributed by atoms with van der Waals surface area (Å²) >= 11 is 0. The number of benzene rings is 1. The molecule has 0 aliphatic rings. The molecule has 2 nitrogen and oxygen atoms in total. The topological polar surface area (TPSA) is 49.8 Å². The van der Waals surface area contributed by atoms with Crippen molar-refractivity contribution in [3.8, 4) is 6.07 Å². The molecular formula is C9H9FN2. The Balaban J connectivity index is 3.06. The van der Waals surface area contributed by atoms with E-state index in [1.165, 1.54) is 6.07 Å². The van der Waals surface area contributed by atoms with Gasteiger partial charge >= 0.3 is 0 Å². The Morgan fingerprint density at radius 1 is 1.58 bits per heavy atom. The van der Waals surface area contributed by atoms with Gasteiger partial charge in [-0.2, -0.15) is 5.26 Å². The van der Waals surface area contributed by atoms with Crippen molar-refractivity contribution in [3.63, 3.8) is 0 Å². The first-order valence-corrected chi connectivity index (χ1v) is 3.56. The highest BCUT2D eigenvalue weighted by Crippen LogP contribution is 2.13. The molecule has 62 valence electrons. The number of nitriles is 1. The van der Waals surface area contributed by atoms with Gasteiger partial charge in [-0.25, -0.2) is 4.39 Å². The van der Waals surface area contributed by atoms with Crippen molar-refractivity contribution in [1.82, 2.24) is 0 Å². The first kappa shape index (κ1) is 8.69. The van der Waals surface area contributed by atoms with Crippen LogP contribution in [0.2, 0.25) is 0 Å². The fraction of sp³-hybridized carbons (Fsp3) is 0.222. The van der Waals surface area contributed by atoms with E-state index in [2.05, 4.69) is 0 Å². The van der Waals surface area contributed by atoms with Crippen molar-refractivity contribution in [2.75, 3.05) is 0 Å². The molecule has 1 atom stereocenters. The summed E-state index contributed by atoms with van der Waals surface area (Å²) in [7, 11) is 0. The average molecular weight is 164 g/mol. The zero-order valence-electron chi connectivity index (χ0n) is 6.71. The van der Waals surface area contributed by atoms with Gasteiger partial charge in [0.15, 0.2) is 0 Å². The van der Waals surface area contributed by atoms with E-state index in [1.54, 1.807) is 19.1 Å². The van der Waals surface area contributed by atoms with Gasteiger partial charge in [0.1, 0.15) is 11.9 Å². The molecule has 0 aliphatic heterocycles. The first-order chi connectivity index (χ1) is 5.65. The van der Waals surface area contributed by atoms with Crippen LogP contribution in [0.3, 0.4) is 0 Å². The summed E-state index contributed by atoms with van der Waals surface area (Å²) < 4.78 is 12.9. The molecule has 0 bridgehead atoms. The Labute approximate surface area is 70.4 Å². The van der Waals surface area contributed by atoms with Gasteiger partial charge in [0.25, 0.3) is 0 Å². The molecule has 3 heteroatoms. The second-order valence-electron chi connectivity index (χ2n) is 2.62. The van der Waals surface area contributed by atoms with Crippen molar-refractivity contribution in [1.29, 1.82) is 5.26 Å². The van der Waals surface area contributed by atoms with E-state index in [0.717, 1.165) is 0 Å². The van der Waals surface area contributed by atoms with Crippen molar-refractivity contribution < 1.29 is 4.39 Å². The standard InChI is InChI=1S/C9H9FN2/c1-6-2-3-7(4-8(6)10)9(12)5-11/h2-4,9H,12H2,1H3/t9-/m1/s1. The minimum absolute atomic E-state index is 0.321. The van der Waals surface area contributed by atoms with Gasteiger partial charge in [-0.05, 0) is 24.1 Å². The predicted octanol–water partition coefficient (Wildman–Crippen LogP) is 1.66. The highest BCUT2D eigenvalue weighted by molar-refractivity contribution is 5.28. The second kappa shape index (κ2) is 3.33. The average Bonchev–Trinajstić information content (AvgIpc) is 2.08. The monoisotopic (exact) mass is 164 g/mol. The number of nitrogens with two attached hydrogens (primary N) is 1. The molecule has 0 unspecified atom stereocenters. The van der Waals surface area contributed by atoms with E-state index in [1.807, 2.05) is 6.07 Å². The molecule has 1 aromatic carbocycles. The van der Waals surface area contributed by atoms with Gasteiger partial charge in [0.05, 0.1) is 6.07 Å². The van der Waals surface area contributed by atoms with Crippen molar-refractivity contribution in [3.05, 3.63) is 35.1 Å². The third-order valence-corrected chi connectivity index (χ3v) is 1.69. The Morgan fingerprint density at radius 2 is 2.25 bits per heavy atom. The van der Waals surface area contributed by atoms with Gasteiger partial charge in [-0.1, -0.05) is 12.1 Å². The summed E-state index contributed by atoms with van der Waals surface area (Å²) in [5.41, 5.74) is 6.46. The number of hydrogen-bond acceptors (Lipinski definition) is 2. The summed E-state index contributed by atoms with van der Waals surface area (Å²) in [6, 6.07) is 5.67. The van der Waals surface area contributed by atoms with Crippen molar-refractivity contribution >= 4 is 0 Å². The summed E-state index contributed by atoms with van der Waals surface area (Å²) in [5.74, 6) is -0.321. The molecule has 0 spiro atoms. The van der Waals surface area contributed by atoms with Gasteiger partial charge in [0, 0.05) is 0 Å². The number of rotatable bonds is 1. The molecule has 0 heterocycles. The second-order valence-corrected chi connectivity index (χ2v) is 2.62. The van der Waals surface area contributed by atoms with Crippen molar-refractivity contribution in [2.45, 2.75) is 13.0 Å². The number of hydrogen-bond donors (Lipinski definition) is 1. The highest BCUT2D eigenvalue weighted by Gasteiger charge is 2.05. The maximum Gasteiger partial charge on any atom is 0.126 e. The van der Waals surface area contributed by atoms with Crippen LogP contribution < -0.4 is 5.73 Å². The summed E-state index contributed by atoms with van der Waals surface area (Å²) in [4.78, 5) is 0. The molecule has 0 aromatic heterocycles. The fourth-order valence-electron chi connectivity index (χ4n) is 0.877. The summed E-state index contributed by atoms with van der Waals surface area (Å²) in [6.45, 7) is 1.66. The molecule has 0 fully saturated rings. The molecule has 0 saturated carbocycles. The van der Waals surface area contributed by atoms with E-state index in [-0.39, 0.29) is 5.82 Å². The van der Waals surface area contributed by atoms with Crippen LogP contribution in [0, 0.1) is 24.1 Å². The lowest BCUT2D eigenvalue weighted by molar-refractivity contribution is 0.615. The Kier molecular flexibility index (Phi) is 2.41. The van der Waals surface area contributed by atoms with Crippen LogP contribution in [0.5, 0.6) is 0 Å². The lowest BCUT2D eigenvalue weighted by Crippen LogP contribution is -2.07. The van der Waals surface area contributed by atoms with Crippen LogP contribution in [0.15, 0.2) is 18.2 Å². The van der Waals surface area contributed by atoms with Crippen molar-refractivity contribution in [2.24, 2.45) is 5.73 Å². The zero-order valence-corrected chi connectivity index (χ0v) is 6.71. The lowest BCUT2D eigenvalue weighted by Gasteiger charge is -2.03. The maximum atomic E-state index is 12.9. The highest BCUT2D eigenvalue weighted by atomic mass is 19.1. The molecule has 2 N–H and O–H groups in total. The van der Waals surface area contributed by atoms with Gasteiger partial charge in [-0.3, -0.25) is 0 Å². The number of aryl methyl sites for hydroxylation is 1. The molecular weight excluding hydrogens is 155 g/mol. The normalized spacial score (nSPS) is 12.2. The van der Waals surface area contributed by atoms with Crippen LogP contribution in [0.25, 0.3) is 0 Å². The molecule has 12 heavy (non-hydrogen) atoms. The molecule has 0 radical (unpaired) electrons. The van der Waals surface area contributed by atoms with E-state index in [9.17, 15) is 4.39 Å². The summed E-state index contributed by atoms with van der Waals surface area (Å²) in [6.07, 6.45) is 0. The SMILES string of the molecule is Cc1ccc([C@H](N)C#N)cc1F. The minimum Gasteiger partial charge on any atom is -0.312 e. The van der Waals surface area contributed by atoms with E-state index >= 15 is 0 Å². The fourth-order valence-corrected chi connectivity index (χ4v) is 0.877. The molecule has 1 rings (SSSR count). The van der Waals surface area contributed by atoms with Crippen LogP contribution in [0.4, 0.5) is 4.39 Å². The number of nitrogens with zero attached hydrogens (tertiary/aromatic N) is 1. The van der Waals surface area contributed by atoms with Crippen LogP contribution in [-0.2, 0) is 0 Å². The smallest absolute Gasteiger partial charge is 0.126 e. The van der Waals surface area contributed by atoms with E-state index in [0.29, 0.717) is 11.1 Å². The van der Waals surface area contributed by atoms with Crippen LogP contribution in [0.1, 0.15) is 17.2 Å². The molecule has 0 aliphatic carbocycles. The van der Waals surface area contributed by atoms with E-state index in [4.69, 9.17) is 11.0 Å².